The molecule has 2 amide bonds. The third-order valence-corrected chi connectivity index (χ3v) is 4.21. The molecule has 2 aliphatic heterocycles. The third kappa shape index (κ3) is 3.04. The molecule has 2 aliphatic rings. The van der Waals surface area contributed by atoms with E-state index in [4.69, 9.17) is 5.11 Å². The van der Waals surface area contributed by atoms with Crippen LogP contribution in [0.2, 0.25) is 0 Å². The molecule has 0 saturated carbocycles. The van der Waals surface area contributed by atoms with Crippen molar-refractivity contribution < 1.29 is 19.8 Å². The van der Waals surface area contributed by atoms with Gasteiger partial charge in [0.05, 0.1) is 6.10 Å². The van der Waals surface area contributed by atoms with Crippen molar-refractivity contribution in [2.24, 2.45) is 0 Å². The highest BCUT2D eigenvalue weighted by Gasteiger charge is 2.41. The van der Waals surface area contributed by atoms with Crippen molar-refractivity contribution in [1.82, 2.24) is 14.7 Å². The Kier molecular flexibility index (Phi) is 4.49. The summed E-state index contributed by atoms with van der Waals surface area (Å²) in [5.74, 6) is -1.05. The van der Waals surface area contributed by atoms with Crippen LogP contribution in [0.4, 0.5) is 4.79 Å². The number of likely N-dealkylation sites (N-methyl/N-ethyl adjacent to an activating group) is 1. The van der Waals surface area contributed by atoms with Gasteiger partial charge in [-0.15, -0.1) is 0 Å². The number of piperidine rings is 1. The van der Waals surface area contributed by atoms with Crippen molar-refractivity contribution in [3.05, 3.63) is 0 Å². The molecule has 0 bridgehead atoms. The van der Waals surface area contributed by atoms with Gasteiger partial charge in [0.15, 0.2) is 0 Å². The van der Waals surface area contributed by atoms with Crippen LogP contribution in [0.15, 0.2) is 0 Å². The lowest BCUT2D eigenvalue weighted by atomic mass is 10.1. The van der Waals surface area contributed by atoms with E-state index in [2.05, 4.69) is 4.90 Å². The molecule has 114 valence electrons. The number of aliphatic hydroxyl groups excluding tert-OH is 1. The van der Waals surface area contributed by atoms with Crippen molar-refractivity contribution in [2.45, 2.75) is 37.5 Å². The molecule has 2 N–H and O–H groups in total. The molecule has 3 atom stereocenters. The van der Waals surface area contributed by atoms with E-state index in [1.54, 1.807) is 4.90 Å². The number of aliphatic carboxylic acids is 1. The number of urea groups is 1. The fraction of sp³-hybridized carbons (Fsp3) is 0.846. The number of hydrogen-bond donors (Lipinski definition) is 2. The maximum Gasteiger partial charge on any atom is 0.326 e. The second kappa shape index (κ2) is 5.97. The second-order valence-electron chi connectivity index (χ2n) is 5.88. The van der Waals surface area contributed by atoms with E-state index in [1.165, 1.54) is 4.90 Å². The van der Waals surface area contributed by atoms with E-state index in [9.17, 15) is 14.7 Å². The Hall–Kier alpha value is -1.34. The van der Waals surface area contributed by atoms with Crippen molar-refractivity contribution >= 4 is 12.0 Å². The maximum atomic E-state index is 12.5. The van der Waals surface area contributed by atoms with E-state index in [0.29, 0.717) is 19.1 Å². The molecule has 2 saturated heterocycles. The number of carbonyl (C=O) groups is 2. The average molecular weight is 285 g/mol. The van der Waals surface area contributed by atoms with Crippen molar-refractivity contribution in [3.8, 4) is 0 Å². The summed E-state index contributed by atoms with van der Waals surface area (Å²) in [7, 11) is 3.97. The van der Waals surface area contributed by atoms with Gasteiger partial charge in [0, 0.05) is 32.1 Å². The maximum absolute atomic E-state index is 12.5. The van der Waals surface area contributed by atoms with Crippen LogP contribution in [0.25, 0.3) is 0 Å². The first kappa shape index (κ1) is 15.1. The minimum absolute atomic E-state index is 0.110. The highest BCUT2D eigenvalue weighted by molar-refractivity contribution is 5.83. The molecule has 0 aromatic carbocycles. The van der Waals surface area contributed by atoms with Crippen LogP contribution in [0, 0.1) is 0 Å². The van der Waals surface area contributed by atoms with Crippen LogP contribution in [0.5, 0.6) is 0 Å². The number of rotatable bonds is 2. The normalized spacial score (nSPS) is 30.9. The highest BCUT2D eigenvalue weighted by atomic mass is 16.4. The summed E-state index contributed by atoms with van der Waals surface area (Å²) in [5.41, 5.74) is 0. The van der Waals surface area contributed by atoms with E-state index in [1.807, 2.05) is 14.1 Å². The number of amides is 2. The van der Waals surface area contributed by atoms with Gasteiger partial charge in [0.25, 0.3) is 0 Å². The lowest BCUT2D eigenvalue weighted by Gasteiger charge is -2.38. The van der Waals surface area contributed by atoms with Crippen LogP contribution in [0.3, 0.4) is 0 Å². The van der Waals surface area contributed by atoms with Gasteiger partial charge >= 0.3 is 12.0 Å². The summed E-state index contributed by atoms with van der Waals surface area (Å²) in [6.07, 6.45) is 1.34. The van der Waals surface area contributed by atoms with Gasteiger partial charge in [-0.25, -0.2) is 9.59 Å². The summed E-state index contributed by atoms with van der Waals surface area (Å²) in [6.45, 7) is 1.38. The van der Waals surface area contributed by atoms with E-state index < -0.39 is 18.1 Å². The number of carbonyl (C=O) groups excluding carboxylic acids is 1. The lowest BCUT2D eigenvalue weighted by molar-refractivity contribution is -0.141. The van der Waals surface area contributed by atoms with Crippen molar-refractivity contribution in [1.29, 1.82) is 0 Å². The van der Waals surface area contributed by atoms with Gasteiger partial charge in [0.1, 0.15) is 6.04 Å². The minimum Gasteiger partial charge on any atom is -0.480 e. The van der Waals surface area contributed by atoms with Gasteiger partial charge in [0.2, 0.25) is 0 Å². The number of carboxylic acid groups (broad SMARTS) is 1. The molecule has 0 aliphatic carbocycles. The zero-order chi connectivity index (χ0) is 14.9. The Balaban J connectivity index is 2.04. The fourth-order valence-corrected chi connectivity index (χ4v) is 2.99. The number of nitrogens with zero attached hydrogens (tertiary/aromatic N) is 3. The van der Waals surface area contributed by atoms with E-state index in [0.717, 1.165) is 12.8 Å². The zero-order valence-corrected chi connectivity index (χ0v) is 12.0. The quantitative estimate of drug-likeness (QED) is 0.724. The number of β-amino-alcohol motifs (C(OH)–C–C–N with tert-alkyl or cyclic N) is 1. The molecule has 0 spiro atoms. The molecule has 2 rings (SSSR count). The molecule has 0 aromatic heterocycles. The highest BCUT2D eigenvalue weighted by Crippen LogP contribution is 2.22. The number of carboxylic acids is 1. The van der Waals surface area contributed by atoms with Crippen LogP contribution >= 0.6 is 0 Å². The van der Waals surface area contributed by atoms with Crippen LogP contribution in [0.1, 0.15) is 19.3 Å². The monoisotopic (exact) mass is 285 g/mol. The summed E-state index contributed by atoms with van der Waals surface area (Å²) < 4.78 is 0. The molecule has 0 aromatic rings. The predicted molar refractivity (Wildman–Crippen MR) is 72.4 cm³/mol. The van der Waals surface area contributed by atoms with Crippen LogP contribution in [-0.4, -0.2) is 88.8 Å². The smallest absolute Gasteiger partial charge is 0.326 e. The molecule has 7 heteroatoms. The Morgan fingerprint density at radius 3 is 2.55 bits per heavy atom. The average Bonchev–Trinajstić information content (AvgIpc) is 2.80. The predicted octanol–water partition coefficient (Wildman–Crippen LogP) is -0.348. The molecule has 7 nitrogen and oxygen atoms in total. The molecule has 1 unspecified atom stereocenters. The van der Waals surface area contributed by atoms with E-state index >= 15 is 0 Å². The Bertz CT molecular complexity index is 388. The molecule has 20 heavy (non-hydrogen) atoms. The minimum atomic E-state index is -1.05. The SMILES string of the molecule is CN(C)C1CCCN(C(=O)N2C[C@H](O)C[C@@H]2C(=O)O)C1. The molecular weight excluding hydrogens is 262 g/mol. The first-order valence-electron chi connectivity index (χ1n) is 7.03. The standard InChI is InChI=1S/C13H23N3O4/c1-14(2)9-4-3-5-15(7-9)13(20)16-8-10(17)6-11(16)12(18)19/h9-11,17H,3-8H2,1-2H3,(H,18,19)/t9?,10-,11-/m1/s1. The molecular formula is C13H23N3O4. The van der Waals surface area contributed by atoms with Gasteiger partial charge in [-0.3, -0.25) is 0 Å². The summed E-state index contributed by atoms with van der Waals surface area (Å²) in [4.78, 5) is 28.8. The van der Waals surface area contributed by atoms with Crippen LogP contribution < -0.4 is 0 Å². The fourth-order valence-electron chi connectivity index (χ4n) is 2.99. The Labute approximate surface area is 118 Å². The first-order chi connectivity index (χ1) is 9.40. The van der Waals surface area contributed by atoms with Gasteiger partial charge < -0.3 is 24.9 Å². The van der Waals surface area contributed by atoms with Gasteiger partial charge in [-0.2, -0.15) is 0 Å². The lowest BCUT2D eigenvalue weighted by Crippen LogP contribution is -2.54. The number of likely N-dealkylation sites (tertiary alicyclic amines) is 2. The Morgan fingerprint density at radius 2 is 1.95 bits per heavy atom. The molecule has 0 radical (unpaired) electrons. The van der Waals surface area contributed by atoms with Gasteiger partial charge in [-0.05, 0) is 26.9 Å². The second-order valence-corrected chi connectivity index (χ2v) is 5.88. The van der Waals surface area contributed by atoms with Crippen molar-refractivity contribution in [2.75, 3.05) is 33.7 Å². The number of hydrogen-bond acceptors (Lipinski definition) is 4. The van der Waals surface area contributed by atoms with Gasteiger partial charge in [-0.1, -0.05) is 0 Å². The Morgan fingerprint density at radius 1 is 1.25 bits per heavy atom. The molecule has 2 fully saturated rings. The summed E-state index contributed by atoms with van der Waals surface area (Å²) in [6, 6.07) is -0.860. The van der Waals surface area contributed by atoms with Crippen LogP contribution in [-0.2, 0) is 4.79 Å². The zero-order valence-electron chi connectivity index (χ0n) is 12.0. The van der Waals surface area contributed by atoms with E-state index in [-0.39, 0.29) is 19.0 Å². The third-order valence-electron chi connectivity index (χ3n) is 4.21. The summed E-state index contributed by atoms with van der Waals surface area (Å²) >= 11 is 0. The van der Waals surface area contributed by atoms with Crippen molar-refractivity contribution in [3.63, 3.8) is 0 Å². The molecule has 2 heterocycles. The topological polar surface area (TPSA) is 84.3 Å². The largest absolute Gasteiger partial charge is 0.480 e. The summed E-state index contributed by atoms with van der Waals surface area (Å²) in [5, 5.41) is 18.8. The number of aliphatic hydroxyl groups is 1. The first-order valence-corrected chi connectivity index (χ1v) is 7.03.